The number of hydrogen-bond donors (Lipinski definition) is 1. The summed E-state index contributed by atoms with van der Waals surface area (Å²) in [5.74, 6) is -1.01. The number of hydrogen-bond acceptors (Lipinski definition) is 3. The van der Waals surface area contributed by atoms with Crippen molar-refractivity contribution in [2.24, 2.45) is 0 Å². The molecule has 0 bridgehead atoms. The molecule has 2 aromatic heterocycles. The molecule has 0 aliphatic heterocycles. The van der Waals surface area contributed by atoms with Crippen LogP contribution in [0.1, 0.15) is 10.4 Å². The van der Waals surface area contributed by atoms with E-state index in [4.69, 9.17) is 5.11 Å². The molecule has 0 unspecified atom stereocenters. The van der Waals surface area contributed by atoms with Gasteiger partial charge in [0.05, 0.1) is 5.56 Å². The van der Waals surface area contributed by atoms with E-state index in [1.807, 2.05) is 0 Å². The van der Waals surface area contributed by atoms with Crippen LogP contribution < -0.4 is 5.56 Å². The van der Waals surface area contributed by atoms with Crippen molar-refractivity contribution >= 4 is 22.1 Å². The maximum absolute atomic E-state index is 11.2. The first-order chi connectivity index (χ1) is 6.20. The molecule has 0 aliphatic rings. The van der Waals surface area contributed by atoms with E-state index in [-0.39, 0.29) is 11.1 Å². The molecule has 1 N–H and O–H groups in total. The third-order valence-corrected chi connectivity index (χ3v) is 2.60. The first-order valence-electron chi connectivity index (χ1n) is 3.52. The van der Waals surface area contributed by atoms with Crippen LogP contribution in [0.5, 0.6) is 0 Å². The molecule has 0 aromatic carbocycles. The molecule has 4 nitrogen and oxygen atoms in total. The second kappa shape index (κ2) is 2.70. The van der Waals surface area contributed by atoms with Crippen LogP contribution in [0.2, 0.25) is 0 Å². The summed E-state index contributed by atoms with van der Waals surface area (Å²) in [7, 11) is 0. The molecule has 0 radical (unpaired) electrons. The van der Waals surface area contributed by atoms with Gasteiger partial charge in [0.25, 0.3) is 5.56 Å². The first kappa shape index (κ1) is 8.00. The van der Waals surface area contributed by atoms with Crippen LogP contribution in [0.3, 0.4) is 0 Å². The van der Waals surface area contributed by atoms with Gasteiger partial charge in [-0.05, 0) is 6.07 Å². The highest BCUT2D eigenvalue weighted by molar-refractivity contribution is 7.15. The summed E-state index contributed by atoms with van der Waals surface area (Å²) >= 11 is 1.24. The van der Waals surface area contributed by atoms with Crippen LogP contribution >= 0.6 is 11.3 Å². The fourth-order valence-corrected chi connectivity index (χ4v) is 1.97. The van der Waals surface area contributed by atoms with Crippen molar-refractivity contribution in [3.8, 4) is 0 Å². The highest BCUT2D eigenvalue weighted by atomic mass is 32.1. The third kappa shape index (κ3) is 1.13. The summed E-state index contributed by atoms with van der Waals surface area (Å²) in [6, 6.07) is 2.58. The van der Waals surface area contributed by atoms with Crippen molar-refractivity contribution in [3.05, 3.63) is 39.6 Å². The Balaban J connectivity index is 2.94. The molecule has 66 valence electrons. The van der Waals surface area contributed by atoms with E-state index in [2.05, 4.69) is 0 Å². The van der Waals surface area contributed by atoms with Gasteiger partial charge < -0.3 is 5.11 Å². The molecule has 13 heavy (non-hydrogen) atoms. The molecule has 2 heterocycles. The molecule has 0 fully saturated rings. The predicted octanol–water partition coefficient (Wildman–Crippen LogP) is 1.06. The van der Waals surface area contributed by atoms with E-state index in [1.165, 1.54) is 27.9 Å². The zero-order valence-corrected chi connectivity index (χ0v) is 7.25. The van der Waals surface area contributed by atoms with Crippen LogP contribution in [0.4, 0.5) is 0 Å². The van der Waals surface area contributed by atoms with Crippen molar-refractivity contribution in [3.63, 3.8) is 0 Å². The van der Waals surface area contributed by atoms with Crippen LogP contribution in [-0.4, -0.2) is 15.5 Å². The molecule has 5 heteroatoms. The number of carboxylic acid groups (broad SMARTS) is 1. The summed E-state index contributed by atoms with van der Waals surface area (Å²) in [6.45, 7) is 0. The van der Waals surface area contributed by atoms with Crippen molar-refractivity contribution in [2.45, 2.75) is 0 Å². The Labute approximate surface area is 76.7 Å². The zero-order valence-electron chi connectivity index (χ0n) is 6.43. The van der Waals surface area contributed by atoms with Crippen LogP contribution in [0.25, 0.3) is 4.83 Å². The number of carboxylic acids is 1. The molecular formula is C8H5NO3S. The van der Waals surface area contributed by atoms with Gasteiger partial charge in [0.1, 0.15) is 4.83 Å². The largest absolute Gasteiger partial charge is 0.478 e. The SMILES string of the molecule is O=C(O)c1ccc(=O)n2ccsc12. The van der Waals surface area contributed by atoms with E-state index in [0.717, 1.165) is 0 Å². The minimum absolute atomic E-state index is 0.162. The zero-order chi connectivity index (χ0) is 9.42. The summed E-state index contributed by atoms with van der Waals surface area (Å²) in [5.41, 5.74) is -0.0455. The molecule has 0 saturated heterocycles. The van der Waals surface area contributed by atoms with Crippen molar-refractivity contribution in [1.82, 2.24) is 4.40 Å². The van der Waals surface area contributed by atoms with Gasteiger partial charge in [-0.1, -0.05) is 0 Å². The molecule has 0 aliphatic carbocycles. The number of rotatable bonds is 1. The van der Waals surface area contributed by atoms with Gasteiger partial charge in [0.15, 0.2) is 0 Å². The molecule has 2 aromatic rings. The lowest BCUT2D eigenvalue weighted by Crippen LogP contribution is -2.12. The number of thiazole rings is 1. The standard InChI is InChI=1S/C8H5NO3S/c10-6-2-1-5(8(11)12)7-9(6)3-4-13-7/h1-4H,(H,11,12). The lowest BCUT2D eigenvalue weighted by atomic mass is 10.3. The minimum Gasteiger partial charge on any atom is -0.478 e. The average Bonchev–Trinajstić information content (AvgIpc) is 2.53. The Morgan fingerprint density at radius 2 is 2.23 bits per heavy atom. The number of fused-ring (bicyclic) bond motifs is 1. The van der Waals surface area contributed by atoms with Gasteiger partial charge in [0.2, 0.25) is 0 Å². The normalized spacial score (nSPS) is 10.5. The molecular weight excluding hydrogens is 190 g/mol. The van der Waals surface area contributed by atoms with Gasteiger partial charge in [0, 0.05) is 17.6 Å². The lowest BCUT2D eigenvalue weighted by molar-refractivity contribution is 0.0699. The van der Waals surface area contributed by atoms with E-state index >= 15 is 0 Å². The van der Waals surface area contributed by atoms with Crippen molar-refractivity contribution in [1.29, 1.82) is 0 Å². The first-order valence-corrected chi connectivity index (χ1v) is 4.40. The van der Waals surface area contributed by atoms with Gasteiger partial charge in [-0.25, -0.2) is 4.79 Å². The van der Waals surface area contributed by atoms with E-state index in [9.17, 15) is 9.59 Å². The van der Waals surface area contributed by atoms with Gasteiger partial charge >= 0.3 is 5.97 Å². The van der Waals surface area contributed by atoms with Gasteiger partial charge in [-0.3, -0.25) is 9.20 Å². The summed E-state index contributed by atoms with van der Waals surface area (Å²) < 4.78 is 1.33. The number of aromatic nitrogens is 1. The molecule has 0 amide bonds. The summed E-state index contributed by atoms with van der Waals surface area (Å²) in [4.78, 5) is 22.4. The molecule has 0 spiro atoms. The third-order valence-electron chi connectivity index (χ3n) is 1.70. The summed E-state index contributed by atoms with van der Waals surface area (Å²) in [5, 5.41) is 10.5. The fraction of sp³-hybridized carbons (Fsp3) is 0. The maximum atomic E-state index is 11.2. The Hall–Kier alpha value is -1.62. The smallest absolute Gasteiger partial charge is 0.338 e. The number of pyridine rings is 1. The second-order valence-electron chi connectivity index (χ2n) is 2.47. The van der Waals surface area contributed by atoms with Crippen molar-refractivity contribution in [2.75, 3.05) is 0 Å². The van der Waals surface area contributed by atoms with E-state index in [1.54, 1.807) is 11.6 Å². The number of carbonyl (C=O) groups is 1. The number of nitrogens with zero attached hydrogens (tertiary/aromatic N) is 1. The Bertz CT molecular complexity index is 525. The second-order valence-corrected chi connectivity index (χ2v) is 3.36. The summed E-state index contributed by atoms with van der Waals surface area (Å²) in [6.07, 6.45) is 1.56. The van der Waals surface area contributed by atoms with Crippen molar-refractivity contribution < 1.29 is 9.90 Å². The van der Waals surface area contributed by atoms with E-state index < -0.39 is 5.97 Å². The van der Waals surface area contributed by atoms with Gasteiger partial charge in [-0.15, -0.1) is 11.3 Å². The quantitative estimate of drug-likeness (QED) is 0.740. The highest BCUT2D eigenvalue weighted by Crippen LogP contribution is 2.14. The van der Waals surface area contributed by atoms with Crippen LogP contribution in [0, 0.1) is 0 Å². The van der Waals surface area contributed by atoms with E-state index in [0.29, 0.717) is 4.83 Å². The molecule has 2 rings (SSSR count). The minimum atomic E-state index is -1.01. The molecule has 0 saturated carbocycles. The lowest BCUT2D eigenvalue weighted by Gasteiger charge is -1.95. The van der Waals surface area contributed by atoms with Gasteiger partial charge in [-0.2, -0.15) is 0 Å². The monoisotopic (exact) mass is 195 g/mol. The topological polar surface area (TPSA) is 58.8 Å². The highest BCUT2D eigenvalue weighted by Gasteiger charge is 2.09. The maximum Gasteiger partial charge on any atom is 0.338 e. The average molecular weight is 195 g/mol. The Kier molecular flexibility index (Phi) is 1.66. The fourth-order valence-electron chi connectivity index (χ4n) is 1.12. The number of aromatic carboxylic acids is 1. The molecule has 0 atom stereocenters. The van der Waals surface area contributed by atoms with Crippen LogP contribution in [0.15, 0.2) is 28.5 Å². The Morgan fingerprint density at radius 1 is 1.46 bits per heavy atom. The predicted molar refractivity (Wildman–Crippen MR) is 48.5 cm³/mol. The Morgan fingerprint density at radius 3 is 2.92 bits per heavy atom. The van der Waals surface area contributed by atoms with Crippen LogP contribution in [-0.2, 0) is 0 Å².